The van der Waals surface area contributed by atoms with Gasteiger partial charge in [-0.05, 0) is 37.8 Å². The lowest BCUT2D eigenvalue weighted by atomic mass is 10.2. The van der Waals surface area contributed by atoms with E-state index < -0.39 is 6.09 Å². The number of rotatable bonds is 3. The predicted octanol–water partition coefficient (Wildman–Crippen LogP) is 2.46. The zero-order chi connectivity index (χ0) is 13.0. The molecule has 18 heavy (non-hydrogen) atoms. The molecule has 1 fully saturated rings. The number of benzene rings is 1. The standard InChI is InChI=1S/C13H17N3O2/c14-12(15)9-4-3-5-10(8-9)16-13(17)18-11-6-1-2-7-11/h3-5,8,11H,1-2,6-7H2,(H3,14,15)(H,16,17). The average Bonchev–Trinajstić information content (AvgIpc) is 2.82. The van der Waals surface area contributed by atoms with Crippen LogP contribution in [-0.2, 0) is 4.74 Å². The fraction of sp³-hybridized carbons (Fsp3) is 0.385. The second-order valence-electron chi connectivity index (χ2n) is 4.43. The van der Waals surface area contributed by atoms with Crippen molar-refractivity contribution in [3.05, 3.63) is 29.8 Å². The van der Waals surface area contributed by atoms with E-state index in [0.29, 0.717) is 11.3 Å². The molecule has 0 heterocycles. The summed E-state index contributed by atoms with van der Waals surface area (Å²) in [6.45, 7) is 0. The molecule has 5 heteroatoms. The molecule has 96 valence electrons. The van der Waals surface area contributed by atoms with E-state index in [4.69, 9.17) is 15.9 Å². The van der Waals surface area contributed by atoms with Crippen molar-refractivity contribution in [2.75, 3.05) is 5.32 Å². The Morgan fingerprint density at radius 2 is 2.11 bits per heavy atom. The number of carbonyl (C=O) groups is 1. The van der Waals surface area contributed by atoms with Gasteiger partial charge in [0.2, 0.25) is 0 Å². The first-order valence-corrected chi connectivity index (χ1v) is 6.07. The number of carbonyl (C=O) groups excluding carboxylic acids is 1. The fourth-order valence-corrected chi connectivity index (χ4v) is 2.07. The summed E-state index contributed by atoms with van der Waals surface area (Å²) in [7, 11) is 0. The number of nitrogens with two attached hydrogens (primary N) is 1. The third-order valence-electron chi connectivity index (χ3n) is 3.00. The van der Waals surface area contributed by atoms with Crippen LogP contribution in [0, 0.1) is 5.41 Å². The molecule has 1 saturated carbocycles. The number of ether oxygens (including phenoxy) is 1. The molecule has 5 nitrogen and oxygen atoms in total. The topological polar surface area (TPSA) is 88.2 Å². The van der Waals surface area contributed by atoms with Gasteiger partial charge in [0.25, 0.3) is 0 Å². The third-order valence-corrected chi connectivity index (χ3v) is 3.00. The highest BCUT2D eigenvalue weighted by atomic mass is 16.6. The molecule has 0 radical (unpaired) electrons. The van der Waals surface area contributed by atoms with E-state index in [1.54, 1.807) is 24.3 Å². The van der Waals surface area contributed by atoms with Crippen molar-refractivity contribution < 1.29 is 9.53 Å². The zero-order valence-corrected chi connectivity index (χ0v) is 10.1. The van der Waals surface area contributed by atoms with Crippen molar-refractivity contribution in [1.29, 1.82) is 5.41 Å². The number of hydrogen-bond donors (Lipinski definition) is 3. The minimum atomic E-state index is -0.442. The number of nitrogen functional groups attached to an aromatic ring is 1. The monoisotopic (exact) mass is 247 g/mol. The van der Waals surface area contributed by atoms with Gasteiger partial charge in [0.05, 0.1) is 0 Å². The van der Waals surface area contributed by atoms with Crippen molar-refractivity contribution in [2.45, 2.75) is 31.8 Å². The Bertz CT molecular complexity index is 453. The van der Waals surface area contributed by atoms with Gasteiger partial charge in [-0.25, -0.2) is 4.79 Å². The molecule has 1 aromatic rings. The summed E-state index contributed by atoms with van der Waals surface area (Å²) < 4.78 is 5.28. The summed E-state index contributed by atoms with van der Waals surface area (Å²) in [5.74, 6) is -0.0252. The average molecular weight is 247 g/mol. The minimum Gasteiger partial charge on any atom is -0.446 e. The highest BCUT2D eigenvalue weighted by Gasteiger charge is 2.19. The highest BCUT2D eigenvalue weighted by Crippen LogP contribution is 2.21. The maximum Gasteiger partial charge on any atom is 0.411 e. The molecule has 1 aliphatic rings. The van der Waals surface area contributed by atoms with Crippen molar-refractivity contribution >= 4 is 17.6 Å². The van der Waals surface area contributed by atoms with Gasteiger partial charge in [-0.15, -0.1) is 0 Å². The summed E-state index contributed by atoms with van der Waals surface area (Å²) in [6.07, 6.45) is 3.74. The van der Waals surface area contributed by atoms with Crippen molar-refractivity contribution in [2.24, 2.45) is 5.73 Å². The molecule has 0 saturated heterocycles. The van der Waals surface area contributed by atoms with Gasteiger partial charge in [-0.2, -0.15) is 0 Å². The van der Waals surface area contributed by atoms with Gasteiger partial charge in [0.1, 0.15) is 11.9 Å². The molecule has 0 atom stereocenters. The van der Waals surface area contributed by atoms with Crippen LogP contribution in [0.3, 0.4) is 0 Å². The fourth-order valence-electron chi connectivity index (χ4n) is 2.07. The van der Waals surface area contributed by atoms with E-state index in [1.165, 1.54) is 0 Å². The number of hydrogen-bond acceptors (Lipinski definition) is 3. The summed E-state index contributed by atoms with van der Waals surface area (Å²) in [5.41, 5.74) is 6.55. The Morgan fingerprint density at radius 3 is 2.78 bits per heavy atom. The maximum absolute atomic E-state index is 11.6. The van der Waals surface area contributed by atoms with Crippen LogP contribution in [0.25, 0.3) is 0 Å². The highest BCUT2D eigenvalue weighted by molar-refractivity contribution is 5.96. The van der Waals surface area contributed by atoms with Gasteiger partial charge in [-0.1, -0.05) is 12.1 Å². The molecule has 0 aromatic heterocycles. The van der Waals surface area contributed by atoms with Crippen LogP contribution in [0.4, 0.5) is 10.5 Å². The first-order valence-electron chi connectivity index (χ1n) is 6.07. The van der Waals surface area contributed by atoms with Gasteiger partial charge in [0.15, 0.2) is 0 Å². The normalized spacial score (nSPS) is 15.3. The van der Waals surface area contributed by atoms with E-state index in [1.807, 2.05) is 0 Å². The van der Waals surface area contributed by atoms with Gasteiger partial charge >= 0.3 is 6.09 Å². The number of amidine groups is 1. The van der Waals surface area contributed by atoms with E-state index in [9.17, 15) is 4.79 Å². The molecule has 0 unspecified atom stereocenters. The molecule has 4 N–H and O–H groups in total. The summed E-state index contributed by atoms with van der Waals surface area (Å²) >= 11 is 0. The molecule has 0 spiro atoms. The molecule has 0 aliphatic heterocycles. The van der Waals surface area contributed by atoms with E-state index in [2.05, 4.69) is 5.32 Å². The Morgan fingerprint density at radius 1 is 1.39 bits per heavy atom. The predicted molar refractivity (Wildman–Crippen MR) is 69.8 cm³/mol. The van der Waals surface area contributed by atoms with E-state index in [0.717, 1.165) is 25.7 Å². The first-order chi connectivity index (χ1) is 8.65. The van der Waals surface area contributed by atoms with E-state index in [-0.39, 0.29) is 11.9 Å². The van der Waals surface area contributed by atoms with E-state index >= 15 is 0 Å². The molecule has 1 aromatic carbocycles. The van der Waals surface area contributed by atoms with Crippen molar-refractivity contribution in [3.8, 4) is 0 Å². The van der Waals surface area contributed by atoms with Crippen LogP contribution in [0.5, 0.6) is 0 Å². The smallest absolute Gasteiger partial charge is 0.411 e. The van der Waals surface area contributed by atoms with Crippen molar-refractivity contribution in [3.63, 3.8) is 0 Å². The molecule has 0 bridgehead atoms. The second kappa shape index (κ2) is 5.53. The quantitative estimate of drug-likeness (QED) is 0.566. The van der Waals surface area contributed by atoms with Crippen LogP contribution < -0.4 is 11.1 Å². The summed E-state index contributed by atoms with van der Waals surface area (Å²) in [6, 6.07) is 6.85. The summed E-state index contributed by atoms with van der Waals surface area (Å²) in [4.78, 5) is 11.6. The molecule has 1 aliphatic carbocycles. The van der Waals surface area contributed by atoms with Crippen LogP contribution in [0.2, 0.25) is 0 Å². The SMILES string of the molecule is N=C(N)c1cccc(NC(=O)OC2CCCC2)c1. The zero-order valence-electron chi connectivity index (χ0n) is 10.1. The Labute approximate surface area is 106 Å². The number of nitrogens with one attached hydrogen (secondary N) is 2. The Hall–Kier alpha value is -2.04. The Balaban J connectivity index is 1.93. The minimum absolute atomic E-state index is 0.0252. The largest absolute Gasteiger partial charge is 0.446 e. The number of anilines is 1. The summed E-state index contributed by atoms with van der Waals surface area (Å²) in [5, 5.41) is 9.98. The molecular formula is C13H17N3O2. The van der Waals surface area contributed by atoms with Gasteiger partial charge in [0, 0.05) is 11.3 Å². The van der Waals surface area contributed by atoms with Crippen LogP contribution in [-0.4, -0.2) is 18.0 Å². The third kappa shape index (κ3) is 3.23. The van der Waals surface area contributed by atoms with Crippen LogP contribution in [0.1, 0.15) is 31.2 Å². The van der Waals surface area contributed by atoms with Crippen molar-refractivity contribution in [1.82, 2.24) is 0 Å². The lowest BCUT2D eigenvalue weighted by Gasteiger charge is -2.12. The lowest BCUT2D eigenvalue weighted by molar-refractivity contribution is 0.114. The van der Waals surface area contributed by atoms with Crippen LogP contribution >= 0.6 is 0 Å². The second-order valence-corrected chi connectivity index (χ2v) is 4.43. The lowest BCUT2D eigenvalue weighted by Crippen LogP contribution is -2.20. The maximum atomic E-state index is 11.6. The molecular weight excluding hydrogens is 230 g/mol. The Kier molecular flexibility index (Phi) is 3.82. The number of amides is 1. The van der Waals surface area contributed by atoms with Gasteiger partial charge < -0.3 is 10.5 Å². The van der Waals surface area contributed by atoms with Gasteiger partial charge in [-0.3, -0.25) is 10.7 Å². The first kappa shape index (κ1) is 12.4. The van der Waals surface area contributed by atoms with Crippen LogP contribution in [0.15, 0.2) is 24.3 Å². The molecule has 1 amide bonds. The molecule has 2 rings (SSSR count).